The van der Waals surface area contributed by atoms with Crippen LogP contribution in [0.5, 0.6) is 0 Å². The summed E-state index contributed by atoms with van der Waals surface area (Å²) in [6, 6.07) is 8.34. The van der Waals surface area contributed by atoms with Crippen molar-refractivity contribution >= 4 is 28.3 Å². The lowest BCUT2D eigenvalue weighted by atomic mass is 10.2. The Labute approximate surface area is 112 Å². The van der Waals surface area contributed by atoms with Crippen LogP contribution in [0, 0.1) is 0 Å². The molecule has 0 atom stereocenters. The number of morpholine rings is 1. The van der Waals surface area contributed by atoms with Crippen LogP contribution in [0.15, 0.2) is 29.3 Å². The van der Waals surface area contributed by atoms with E-state index in [0.717, 1.165) is 37.2 Å². The van der Waals surface area contributed by atoms with Gasteiger partial charge in [0.1, 0.15) is 0 Å². The predicted octanol–water partition coefficient (Wildman–Crippen LogP) is 2.28. The van der Waals surface area contributed by atoms with E-state index in [1.54, 1.807) is 18.8 Å². The molecule has 0 bridgehead atoms. The molecule has 0 aliphatic carbocycles. The summed E-state index contributed by atoms with van der Waals surface area (Å²) in [5.74, 6) is 0. The van der Waals surface area contributed by atoms with Crippen LogP contribution >= 0.6 is 11.8 Å². The molecular formula is C13H19N3OS. The largest absolute Gasteiger partial charge is 0.378 e. The van der Waals surface area contributed by atoms with E-state index in [2.05, 4.69) is 33.4 Å². The average molecular weight is 265 g/mol. The molecule has 1 N–H and O–H groups in total. The van der Waals surface area contributed by atoms with Gasteiger partial charge in [0, 0.05) is 20.1 Å². The summed E-state index contributed by atoms with van der Waals surface area (Å²) in [6.07, 6.45) is 2.02. The van der Waals surface area contributed by atoms with Crippen molar-refractivity contribution in [2.24, 2.45) is 4.99 Å². The van der Waals surface area contributed by atoms with Gasteiger partial charge in [-0.3, -0.25) is 4.99 Å². The van der Waals surface area contributed by atoms with Crippen LogP contribution in [0.4, 0.5) is 11.4 Å². The lowest BCUT2D eigenvalue weighted by Crippen LogP contribution is -2.36. The first kappa shape index (κ1) is 13.2. The highest BCUT2D eigenvalue weighted by atomic mass is 32.2. The highest BCUT2D eigenvalue weighted by Crippen LogP contribution is 2.27. The second-order valence-electron chi connectivity index (χ2n) is 3.97. The topological polar surface area (TPSA) is 36.9 Å². The van der Waals surface area contributed by atoms with Crippen molar-refractivity contribution in [3.63, 3.8) is 0 Å². The fourth-order valence-electron chi connectivity index (χ4n) is 1.97. The van der Waals surface area contributed by atoms with Gasteiger partial charge in [0.05, 0.1) is 24.6 Å². The van der Waals surface area contributed by atoms with E-state index >= 15 is 0 Å². The van der Waals surface area contributed by atoms with Gasteiger partial charge >= 0.3 is 0 Å². The van der Waals surface area contributed by atoms with Crippen molar-refractivity contribution in [3.05, 3.63) is 24.3 Å². The zero-order chi connectivity index (χ0) is 12.8. The summed E-state index contributed by atoms with van der Waals surface area (Å²) in [6.45, 7) is 3.48. The van der Waals surface area contributed by atoms with E-state index in [1.807, 2.05) is 12.3 Å². The van der Waals surface area contributed by atoms with Gasteiger partial charge in [0.2, 0.25) is 0 Å². The third-order valence-electron chi connectivity index (χ3n) is 2.89. The molecule has 4 nitrogen and oxygen atoms in total. The SMILES string of the molecule is CN=C(Nc1ccccc1N1CCOCC1)SC. The third kappa shape index (κ3) is 3.17. The van der Waals surface area contributed by atoms with Crippen LogP contribution < -0.4 is 10.2 Å². The molecule has 18 heavy (non-hydrogen) atoms. The normalized spacial score (nSPS) is 16.8. The second-order valence-corrected chi connectivity index (χ2v) is 4.77. The number of aliphatic imine (C=N–C) groups is 1. The molecule has 1 aliphatic rings. The maximum atomic E-state index is 5.39. The van der Waals surface area contributed by atoms with E-state index in [1.165, 1.54) is 5.69 Å². The highest BCUT2D eigenvalue weighted by Gasteiger charge is 2.14. The first-order valence-corrected chi connectivity index (χ1v) is 7.27. The average Bonchev–Trinajstić information content (AvgIpc) is 2.46. The molecule has 0 saturated carbocycles. The van der Waals surface area contributed by atoms with Crippen LogP contribution in [-0.4, -0.2) is 44.8 Å². The Morgan fingerprint density at radius 3 is 2.72 bits per heavy atom. The van der Waals surface area contributed by atoms with E-state index in [9.17, 15) is 0 Å². The fourth-order valence-corrected chi connectivity index (χ4v) is 2.37. The number of nitrogens with one attached hydrogen (secondary N) is 1. The molecule has 1 heterocycles. The van der Waals surface area contributed by atoms with E-state index in [-0.39, 0.29) is 0 Å². The Hall–Kier alpha value is -1.20. The quantitative estimate of drug-likeness (QED) is 0.657. The monoisotopic (exact) mass is 265 g/mol. The maximum Gasteiger partial charge on any atom is 0.160 e. The first-order chi connectivity index (χ1) is 8.85. The number of ether oxygens (including phenoxy) is 1. The van der Waals surface area contributed by atoms with Gasteiger partial charge in [0.15, 0.2) is 5.17 Å². The van der Waals surface area contributed by atoms with Crippen molar-refractivity contribution in [2.45, 2.75) is 0 Å². The molecule has 5 heteroatoms. The van der Waals surface area contributed by atoms with Crippen LogP contribution in [0.3, 0.4) is 0 Å². The number of thioether (sulfide) groups is 1. The number of amidine groups is 1. The summed E-state index contributed by atoms with van der Waals surface area (Å²) in [7, 11) is 1.80. The Morgan fingerprint density at radius 2 is 2.06 bits per heavy atom. The lowest BCUT2D eigenvalue weighted by Gasteiger charge is -2.30. The molecule has 0 radical (unpaired) electrons. The lowest BCUT2D eigenvalue weighted by molar-refractivity contribution is 0.123. The molecule has 98 valence electrons. The fraction of sp³-hybridized carbons (Fsp3) is 0.462. The Kier molecular flexibility index (Phi) is 4.90. The molecule has 2 rings (SSSR count). The van der Waals surface area contributed by atoms with Crippen LogP contribution in [0.25, 0.3) is 0 Å². The molecule has 1 fully saturated rings. The summed E-state index contributed by atoms with van der Waals surface area (Å²) < 4.78 is 5.39. The third-order valence-corrected chi connectivity index (χ3v) is 3.57. The molecule has 0 amide bonds. The molecule has 0 spiro atoms. The summed E-state index contributed by atoms with van der Waals surface area (Å²) >= 11 is 1.62. The summed E-state index contributed by atoms with van der Waals surface area (Å²) in [5.41, 5.74) is 2.32. The van der Waals surface area contributed by atoms with E-state index in [0.29, 0.717) is 0 Å². The summed E-state index contributed by atoms with van der Waals surface area (Å²) in [5, 5.41) is 4.30. The predicted molar refractivity (Wildman–Crippen MR) is 80.0 cm³/mol. The molecule has 1 aromatic carbocycles. The van der Waals surface area contributed by atoms with E-state index < -0.39 is 0 Å². The summed E-state index contributed by atoms with van der Waals surface area (Å²) in [4.78, 5) is 6.56. The van der Waals surface area contributed by atoms with Gasteiger partial charge in [-0.25, -0.2) is 0 Å². The van der Waals surface area contributed by atoms with Crippen molar-refractivity contribution in [1.82, 2.24) is 0 Å². The van der Waals surface area contributed by atoms with Crippen molar-refractivity contribution in [3.8, 4) is 0 Å². The minimum atomic E-state index is 0.797. The highest BCUT2D eigenvalue weighted by molar-refractivity contribution is 8.13. The molecular weight excluding hydrogens is 246 g/mol. The van der Waals surface area contributed by atoms with Crippen molar-refractivity contribution in [1.29, 1.82) is 0 Å². The Morgan fingerprint density at radius 1 is 1.33 bits per heavy atom. The molecule has 1 aromatic rings. The molecule has 0 unspecified atom stereocenters. The molecule has 1 aliphatic heterocycles. The van der Waals surface area contributed by atoms with Gasteiger partial charge in [0.25, 0.3) is 0 Å². The number of nitrogens with zero attached hydrogens (tertiary/aromatic N) is 2. The minimum Gasteiger partial charge on any atom is -0.378 e. The molecule has 0 aromatic heterocycles. The zero-order valence-electron chi connectivity index (χ0n) is 10.8. The Balaban J connectivity index is 2.19. The van der Waals surface area contributed by atoms with Crippen LogP contribution in [0.2, 0.25) is 0 Å². The van der Waals surface area contributed by atoms with E-state index in [4.69, 9.17) is 4.74 Å². The Bertz CT molecular complexity index is 416. The van der Waals surface area contributed by atoms with Gasteiger partial charge in [-0.15, -0.1) is 0 Å². The first-order valence-electron chi connectivity index (χ1n) is 6.04. The smallest absolute Gasteiger partial charge is 0.160 e. The minimum absolute atomic E-state index is 0.797. The van der Waals surface area contributed by atoms with Gasteiger partial charge in [-0.2, -0.15) is 0 Å². The maximum absolute atomic E-state index is 5.39. The number of hydrogen-bond acceptors (Lipinski definition) is 4. The zero-order valence-corrected chi connectivity index (χ0v) is 11.7. The number of rotatable bonds is 2. The van der Waals surface area contributed by atoms with Crippen LogP contribution in [0.1, 0.15) is 0 Å². The standard InChI is InChI=1S/C13H19N3OS/c1-14-13(18-2)15-11-5-3-4-6-12(11)16-7-9-17-10-8-16/h3-6H,7-10H2,1-2H3,(H,14,15). The second kappa shape index (κ2) is 6.66. The van der Waals surface area contributed by atoms with Gasteiger partial charge in [-0.05, 0) is 18.4 Å². The van der Waals surface area contributed by atoms with Crippen molar-refractivity contribution in [2.75, 3.05) is 49.8 Å². The van der Waals surface area contributed by atoms with Crippen LogP contribution in [-0.2, 0) is 4.74 Å². The number of para-hydroxylation sites is 2. The number of benzene rings is 1. The van der Waals surface area contributed by atoms with Gasteiger partial charge < -0.3 is 15.0 Å². The number of anilines is 2. The molecule has 1 saturated heterocycles. The number of hydrogen-bond donors (Lipinski definition) is 1. The van der Waals surface area contributed by atoms with Gasteiger partial charge in [-0.1, -0.05) is 23.9 Å². The van der Waals surface area contributed by atoms with Crippen molar-refractivity contribution < 1.29 is 4.74 Å².